The predicted octanol–water partition coefficient (Wildman–Crippen LogP) is 2.84. The molecule has 1 aromatic heterocycles. The fraction of sp³-hybridized carbons (Fsp3) is 0.560. The van der Waals surface area contributed by atoms with Crippen LogP contribution in [0.25, 0.3) is 11.0 Å². The van der Waals surface area contributed by atoms with Gasteiger partial charge in [-0.05, 0) is 49.7 Å². The summed E-state index contributed by atoms with van der Waals surface area (Å²) >= 11 is 6.00. The van der Waals surface area contributed by atoms with Crippen molar-refractivity contribution in [1.29, 1.82) is 0 Å². The van der Waals surface area contributed by atoms with Crippen LogP contribution in [0.15, 0.2) is 22.7 Å². The van der Waals surface area contributed by atoms with Gasteiger partial charge >= 0.3 is 6.36 Å². The third-order valence-electron chi connectivity index (χ3n) is 7.82. The molecule has 39 heavy (non-hydrogen) atoms. The Morgan fingerprint density at radius 2 is 2.05 bits per heavy atom. The molecule has 5 atom stereocenters. The van der Waals surface area contributed by atoms with Crippen LogP contribution in [0.3, 0.4) is 0 Å². The Morgan fingerprint density at radius 1 is 1.26 bits per heavy atom. The highest BCUT2D eigenvalue weighted by Gasteiger charge is 2.51. The van der Waals surface area contributed by atoms with Gasteiger partial charge in [-0.2, -0.15) is 0 Å². The Bertz CT molecular complexity index is 1300. The van der Waals surface area contributed by atoms with Crippen LogP contribution in [-0.2, 0) is 19.1 Å². The molecule has 3 fully saturated rings. The zero-order chi connectivity index (χ0) is 27.9. The number of Topliss-reactive ketones (excluding diaryl/α,β-unsaturated/α-hetero) is 1. The molecule has 2 aromatic rings. The van der Waals surface area contributed by atoms with E-state index in [-0.39, 0.29) is 36.4 Å². The van der Waals surface area contributed by atoms with E-state index in [1.54, 1.807) is 12.1 Å². The second-order valence-corrected chi connectivity index (χ2v) is 10.6. The van der Waals surface area contributed by atoms with Gasteiger partial charge in [-0.3, -0.25) is 23.9 Å². The molecule has 1 unspecified atom stereocenters. The first-order valence-electron chi connectivity index (χ1n) is 12.7. The standard InChI is InChI=1S/C25H26ClF3N4O6/c26-14-4-5-16-19(9-14)39-32-20(16)24(37)33-10-13-2-1-3-15(13)21(33)23(36)31-17(8-12-6-7-30-22(12)35)18(34)11-38-25(27,28)29/h4-5,9,12-13,15,17,21H,1-3,6-8,10-11H2,(H,30,35)(H,31,36)/t12-,13-,15-,17-,21?/m0/s1. The van der Waals surface area contributed by atoms with E-state index in [1.807, 2.05) is 0 Å². The van der Waals surface area contributed by atoms with E-state index >= 15 is 0 Å². The number of hydrogen-bond acceptors (Lipinski definition) is 7. The monoisotopic (exact) mass is 570 g/mol. The van der Waals surface area contributed by atoms with Crippen molar-refractivity contribution in [2.45, 2.75) is 50.6 Å². The van der Waals surface area contributed by atoms with Gasteiger partial charge in [0.05, 0.1) is 11.4 Å². The summed E-state index contributed by atoms with van der Waals surface area (Å²) in [4.78, 5) is 53.6. The molecule has 14 heteroatoms. The third kappa shape index (κ3) is 5.74. The summed E-state index contributed by atoms with van der Waals surface area (Å²) in [6, 6.07) is 2.32. The van der Waals surface area contributed by atoms with Crippen LogP contribution in [0.1, 0.15) is 42.6 Å². The molecule has 3 amide bonds. The van der Waals surface area contributed by atoms with Crippen molar-refractivity contribution >= 4 is 46.1 Å². The van der Waals surface area contributed by atoms with Crippen molar-refractivity contribution in [2.75, 3.05) is 19.7 Å². The van der Waals surface area contributed by atoms with Crippen molar-refractivity contribution in [3.05, 3.63) is 28.9 Å². The third-order valence-corrected chi connectivity index (χ3v) is 8.06. The normalized spacial score (nSPS) is 25.5. The number of fused-ring (bicyclic) bond motifs is 2. The van der Waals surface area contributed by atoms with Crippen LogP contribution in [0.5, 0.6) is 0 Å². The van der Waals surface area contributed by atoms with Crippen LogP contribution in [-0.4, -0.2) is 71.7 Å². The highest BCUT2D eigenvalue weighted by molar-refractivity contribution is 6.31. The van der Waals surface area contributed by atoms with Gasteiger partial charge < -0.3 is 20.1 Å². The number of ketones is 1. The summed E-state index contributed by atoms with van der Waals surface area (Å²) in [6.07, 6.45) is -2.51. The topological polar surface area (TPSA) is 131 Å². The number of halogens is 4. The Labute approximate surface area is 225 Å². The molecule has 2 saturated heterocycles. The predicted molar refractivity (Wildman–Crippen MR) is 129 cm³/mol. The number of benzene rings is 1. The van der Waals surface area contributed by atoms with Gasteiger partial charge in [-0.1, -0.05) is 23.2 Å². The number of aromatic nitrogens is 1. The summed E-state index contributed by atoms with van der Waals surface area (Å²) in [6.45, 7) is -0.664. The number of nitrogens with one attached hydrogen (secondary N) is 2. The molecule has 2 aliphatic heterocycles. The zero-order valence-electron chi connectivity index (χ0n) is 20.6. The Hall–Kier alpha value is -3.19. The Kier molecular flexibility index (Phi) is 7.55. The van der Waals surface area contributed by atoms with Crippen LogP contribution in [0, 0.1) is 17.8 Å². The van der Waals surface area contributed by atoms with Gasteiger partial charge in [-0.25, -0.2) is 0 Å². The van der Waals surface area contributed by atoms with E-state index in [2.05, 4.69) is 20.5 Å². The quantitative estimate of drug-likeness (QED) is 0.499. The van der Waals surface area contributed by atoms with Gasteiger partial charge in [0.1, 0.15) is 12.6 Å². The molecular weight excluding hydrogens is 545 g/mol. The van der Waals surface area contributed by atoms with Gasteiger partial charge in [0.15, 0.2) is 17.1 Å². The van der Waals surface area contributed by atoms with E-state index in [1.165, 1.54) is 11.0 Å². The number of ether oxygens (including phenoxy) is 1. The summed E-state index contributed by atoms with van der Waals surface area (Å²) in [7, 11) is 0. The van der Waals surface area contributed by atoms with Crippen LogP contribution in [0.2, 0.25) is 5.02 Å². The molecule has 1 saturated carbocycles. The van der Waals surface area contributed by atoms with Crippen LogP contribution < -0.4 is 10.6 Å². The highest BCUT2D eigenvalue weighted by atomic mass is 35.5. The second-order valence-electron chi connectivity index (χ2n) is 10.2. The summed E-state index contributed by atoms with van der Waals surface area (Å²) < 4.78 is 46.8. The fourth-order valence-electron chi connectivity index (χ4n) is 5.99. The lowest BCUT2D eigenvalue weighted by Crippen LogP contribution is -2.54. The minimum absolute atomic E-state index is 0.00766. The molecule has 10 nitrogen and oxygen atoms in total. The number of alkyl halides is 3. The van der Waals surface area contributed by atoms with Crippen molar-refractivity contribution in [3.63, 3.8) is 0 Å². The molecule has 0 radical (unpaired) electrons. The smallest absolute Gasteiger partial charge is 0.356 e. The van der Waals surface area contributed by atoms with E-state index in [9.17, 15) is 32.3 Å². The molecule has 1 aromatic carbocycles. The molecule has 3 heterocycles. The number of hydrogen-bond donors (Lipinski definition) is 2. The van der Waals surface area contributed by atoms with Crippen molar-refractivity contribution in [1.82, 2.24) is 20.7 Å². The van der Waals surface area contributed by atoms with Crippen LogP contribution >= 0.6 is 11.6 Å². The van der Waals surface area contributed by atoms with Gasteiger partial charge in [0.2, 0.25) is 11.8 Å². The molecule has 2 N–H and O–H groups in total. The SMILES string of the molecule is O=C(N[C@@H](C[C@@H]1CCNC1=O)C(=O)COC(F)(F)F)C1[C@H]2CCC[C@H]2CN1C(=O)c1noc2cc(Cl)ccc12. The largest absolute Gasteiger partial charge is 0.522 e. The lowest BCUT2D eigenvalue weighted by Gasteiger charge is -2.29. The number of nitrogens with zero attached hydrogens (tertiary/aromatic N) is 2. The van der Waals surface area contributed by atoms with Gasteiger partial charge in [0.25, 0.3) is 5.91 Å². The molecule has 3 aliphatic rings. The first-order valence-corrected chi connectivity index (χ1v) is 13.1. The van der Waals surface area contributed by atoms with Crippen LogP contribution in [0.4, 0.5) is 13.2 Å². The lowest BCUT2D eigenvalue weighted by atomic mass is 9.92. The highest BCUT2D eigenvalue weighted by Crippen LogP contribution is 2.43. The first kappa shape index (κ1) is 27.4. The second kappa shape index (κ2) is 10.8. The van der Waals surface area contributed by atoms with Crippen molar-refractivity contribution in [2.24, 2.45) is 17.8 Å². The number of amides is 3. The average Bonchev–Trinajstić information content (AvgIpc) is 3.65. The first-order chi connectivity index (χ1) is 18.5. The molecular formula is C25H26ClF3N4O6. The molecule has 1 aliphatic carbocycles. The maximum absolute atomic E-state index is 13.7. The maximum atomic E-state index is 13.7. The molecule has 5 rings (SSSR count). The molecule has 0 spiro atoms. The average molecular weight is 571 g/mol. The number of carbonyl (C=O) groups is 4. The molecule has 210 valence electrons. The van der Waals surface area contributed by atoms with E-state index < -0.39 is 48.6 Å². The van der Waals surface area contributed by atoms with E-state index in [4.69, 9.17) is 16.1 Å². The maximum Gasteiger partial charge on any atom is 0.522 e. The molecule has 0 bridgehead atoms. The number of rotatable bonds is 8. The van der Waals surface area contributed by atoms with Crippen molar-refractivity contribution < 1.29 is 41.6 Å². The summed E-state index contributed by atoms with van der Waals surface area (Å²) in [5.74, 6) is -3.37. The zero-order valence-corrected chi connectivity index (χ0v) is 21.4. The van der Waals surface area contributed by atoms with E-state index in [0.29, 0.717) is 35.4 Å². The Balaban J connectivity index is 1.38. The number of carbonyl (C=O) groups excluding carboxylic acids is 4. The van der Waals surface area contributed by atoms with Gasteiger partial charge in [-0.15, -0.1) is 13.2 Å². The summed E-state index contributed by atoms with van der Waals surface area (Å²) in [5, 5.41) is 9.89. The Morgan fingerprint density at radius 3 is 2.77 bits per heavy atom. The minimum atomic E-state index is -5.04. The summed E-state index contributed by atoms with van der Waals surface area (Å²) in [5.41, 5.74) is 0.310. The minimum Gasteiger partial charge on any atom is -0.356 e. The van der Waals surface area contributed by atoms with E-state index in [0.717, 1.165) is 12.8 Å². The fourth-order valence-corrected chi connectivity index (χ4v) is 6.15. The lowest BCUT2D eigenvalue weighted by molar-refractivity contribution is -0.321. The number of likely N-dealkylation sites (tertiary alicyclic amines) is 1. The van der Waals surface area contributed by atoms with Crippen molar-refractivity contribution in [3.8, 4) is 0 Å². The van der Waals surface area contributed by atoms with Gasteiger partial charge in [0, 0.05) is 30.1 Å².